The first kappa shape index (κ1) is 26.7. The van der Waals surface area contributed by atoms with Gasteiger partial charge < -0.3 is 15.6 Å². The van der Waals surface area contributed by atoms with Crippen LogP contribution >= 0.6 is 0 Å². The first-order valence-corrected chi connectivity index (χ1v) is 14.1. The van der Waals surface area contributed by atoms with Crippen molar-refractivity contribution in [1.29, 1.82) is 5.26 Å². The summed E-state index contributed by atoms with van der Waals surface area (Å²) in [5.74, 6) is 0. The number of nitrogens with one attached hydrogen (secondary N) is 1. The van der Waals surface area contributed by atoms with E-state index < -0.39 is 0 Å². The summed E-state index contributed by atoms with van der Waals surface area (Å²) < 4.78 is 2.36. The summed E-state index contributed by atoms with van der Waals surface area (Å²) in [5, 5.41) is 17.6. The highest BCUT2D eigenvalue weighted by atomic mass is 15.0. The van der Waals surface area contributed by atoms with Gasteiger partial charge in [-0.05, 0) is 77.0 Å². The predicted molar refractivity (Wildman–Crippen MR) is 179 cm³/mol. The summed E-state index contributed by atoms with van der Waals surface area (Å²) in [5.41, 5.74) is 14.5. The highest BCUT2D eigenvalue weighted by Crippen LogP contribution is 2.42. The maximum atomic E-state index is 9.18. The third-order valence-electron chi connectivity index (χ3n) is 7.82. The Balaban J connectivity index is 1.68. The predicted octanol–water partition coefficient (Wildman–Crippen LogP) is 8.79. The molecule has 4 aromatic carbocycles. The molecule has 4 heteroatoms. The standard InChI is InChI=1S/C38H32N4/c1-3-12-26-20-21-35-37(29(26)4-2)38-31-17-9-8-16-30(31)32(25-36(38)42(35)28-14-6-5-7-15-28)34-19-10-18-33(41-34)27(22-24-40)13-11-23-39/h3-10,12-22,24-25,33,41H,2,11,40H2,1H3/b12-3-,24-22-,27-13+. The van der Waals surface area contributed by atoms with Gasteiger partial charge in [0.15, 0.2) is 0 Å². The van der Waals surface area contributed by atoms with E-state index in [4.69, 9.17) is 5.73 Å². The van der Waals surface area contributed by atoms with Gasteiger partial charge in [-0.1, -0.05) is 91.6 Å². The molecule has 4 nitrogen and oxygen atoms in total. The molecule has 0 aliphatic carbocycles. The van der Waals surface area contributed by atoms with Gasteiger partial charge in [-0.3, -0.25) is 0 Å². The lowest BCUT2D eigenvalue weighted by molar-refractivity contribution is 0.816. The van der Waals surface area contributed by atoms with Crippen LogP contribution in [0.5, 0.6) is 0 Å². The van der Waals surface area contributed by atoms with Crippen molar-refractivity contribution < 1.29 is 0 Å². The van der Waals surface area contributed by atoms with Crippen LogP contribution in [0.3, 0.4) is 0 Å². The number of allylic oxidation sites excluding steroid dienone is 4. The van der Waals surface area contributed by atoms with Gasteiger partial charge in [0.25, 0.3) is 0 Å². The average Bonchev–Trinajstić information content (AvgIpc) is 3.37. The molecule has 6 rings (SSSR count). The number of nitrogens with two attached hydrogens (primary N) is 1. The molecule has 0 spiro atoms. The maximum absolute atomic E-state index is 9.18. The summed E-state index contributed by atoms with van der Waals surface area (Å²) in [6, 6.07) is 28.0. The lowest BCUT2D eigenvalue weighted by Crippen LogP contribution is -2.29. The molecule has 1 atom stereocenters. The van der Waals surface area contributed by atoms with E-state index in [1.165, 1.54) is 22.4 Å². The van der Waals surface area contributed by atoms with Crippen LogP contribution in [-0.2, 0) is 0 Å². The van der Waals surface area contributed by atoms with Crippen LogP contribution < -0.4 is 11.1 Å². The Bertz CT molecular complexity index is 2020. The third kappa shape index (κ3) is 4.52. The molecule has 2 heterocycles. The summed E-state index contributed by atoms with van der Waals surface area (Å²) >= 11 is 0. The van der Waals surface area contributed by atoms with Gasteiger partial charge in [0.05, 0.1) is 29.6 Å². The van der Waals surface area contributed by atoms with E-state index in [0.29, 0.717) is 6.42 Å². The van der Waals surface area contributed by atoms with E-state index >= 15 is 0 Å². The molecule has 0 amide bonds. The first-order chi connectivity index (χ1) is 20.7. The smallest absolute Gasteiger partial charge is 0.0699 e. The Kier molecular flexibility index (Phi) is 7.32. The van der Waals surface area contributed by atoms with E-state index in [9.17, 15) is 5.26 Å². The van der Waals surface area contributed by atoms with Crippen LogP contribution in [0.25, 0.3) is 56.1 Å². The van der Waals surface area contributed by atoms with Crippen molar-refractivity contribution in [3.8, 4) is 11.8 Å². The molecule has 0 bridgehead atoms. The molecule has 0 saturated carbocycles. The monoisotopic (exact) mass is 544 g/mol. The van der Waals surface area contributed by atoms with Crippen molar-refractivity contribution >= 4 is 50.4 Å². The number of hydrogen-bond donors (Lipinski definition) is 2. The third-order valence-corrected chi connectivity index (χ3v) is 7.82. The summed E-state index contributed by atoms with van der Waals surface area (Å²) in [6.07, 6.45) is 18.1. The van der Waals surface area contributed by atoms with Crippen LogP contribution in [-0.4, -0.2) is 10.6 Å². The van der Waals surface area contributed by atoms with Gasteiger partial charge in [0, 0.05) is 27.7 Å². The number of para-hydroxylation sites is 1. The lowest BCUT2D eigenvalue weighted by Gasteiger charge is -2.24. The molecular formula is C38H32N4. The number of dihydropyridines is 1. The minimum atomic E-state index is -0.108. The summed E-state index contributed by atoms with van der Waals surface area (Å²) in [4.78, 5) is 0. The second-order valence-electron chi connectivity index (χ2n) is 10.2. The highest BCUT2D eigenvalue weighted by molar-refractivity contribution is 6.25. The molecule has 1 aromatic heterocycles. The second kappa shape index (κ2) is 11.5. The number of rotatable bonds is 7. The molecule has 0 radical (unpaired) electrons. The van der Waals surface area contributed by atoms with E-state index in [1.54, 1.807) is 0 Å². The van der Waals surface area contributed by atoms with Crippen LogP contribution in [0.15, 0.2) is 128 Å². The summed E-state index contributed by atoms with van der Waals surface area (Å²) in [7, 11) is 0. The highest BCUT2D eigenvalue weighted by Gasteiger charge is 2.22. The van der Waals surface area contributed by atoms with Crippen LogP contribution in [0, 0.1) is 11.3 Å². The summed E-state index contributed by atoms with van der Waals surface area (Å²) in [6.45, 7) is 6.28. The zero-order chi connectivity index (χ0) is 29.1. The molecule has 1 aliphatic heterocycles. The number of nitriles is 1. The SMILES string of the molecule is C=Cc1c(/C=C\C)ccc2c1c1c3ccccc3c(C3=CC=CC(C(/C=C\N)=C/CC#N)N3)cc1n2-c1ccccc1. The maximum Gasteiger partial charge on any atom is 0.0699 e. The van der Waals surface area contributed by atoms with Gasteiger partial charge in [-0.25, -0.2) is 0 Å². The topological polar surface area (TPSA) is 66.8 Å². The number of benzene rings is 4. The van der Waals surface area contributed by atoms with Crippen molar-refractivity contribution in [2.24, 2.45) is 5.73 Å². The largest absolute Gasteiger partial charge is 0.405 e. The zero-order valence-corrected chi connectivity index (χ0v) is 23.6. The van der Waals surface area contributed by atoms with E-state index in [1.807, 2.05) is 31.2 Å². The number of aromatic nitrogens is 1. The molecule has 1 unspecified atom stereocenters. The average molecular weight is 545 g/mol. The minimum Gasteiger partial charge on any atom is -0.405 e. The zero-order valence-electron chi connectivity index (χ0n) is 23.6. The van der Waals surface area contributed by atoms with Crippen molar-refractivity contribution in [2.45, 2.75) is 19.4 Å². The molecule has 42 heavy (non-hydrogen) atoms. The Morgan fingerprint density at radius 3 is 2.55 bits per heavy atom. The van der Waals surface area contributed by atoms with Gasteiger partial charge in [0.1, 0.15) is 0 Å². The van der Waals surface area contributed by atoms with Crippen molar-refractivity contribution in [3.05, 3.63) is 144 Å². The van der Waals surface area contributed by atoms with Gasteiger partial charge >= 0.3 is 0 Å². The van der Waals surface area contributed by atoms with Crippen LogP contribution in [0.1, 0.15) is 30.0 Å². The van der Waals surface area contributed by atoms with Crippen molar-refractivity contribution in [3.63, 3.8) is 0 Å². The fourth-order valence-corrected chi connectivity index (χ4v) is 6.09. The number of hydrogen-bond acceptors (Lipinski definition) is 3. The molecule has 3 N–H and O–H groups in total. The fraction of sp³-hybridized carbons (Fsp3) is 0.0789. The fourth-order valence-electron chi connectivity index (χ4n) is 6.09. The van der Waals surface area contributed by atoms with Gasteiger partial charge in [-0.2, -0.15) is 5.26 Å². The Morgan fingerprint density at radius 1 is 1.02 bits per heavy atom. The van der Waals surface area contributed by atoms with E-state index in [0.717, 1.165) is 50.1 Å². The molecule has 204 valence electrons. The lowest BCUT2D eigenvalue weighted by atomic mass is 9.93. The Labute approximate surface area is 246 Å². The van der Waals surface area contributed by atoms with Crippen molar-refractivity contribution in [1.82, 2.24) is 9.88 Å². The van der Waals surface area contributed by atoms with E-state index in [2.05, 4.69) is 120 Å². The number of nitrogens with zero attached hydrogens (tertiary/aromatic N) is 2. The molecule has 0 saturated heterocycles. The Hall–Kier alpha value is -5.53. The van der Waals surface area contributed by atoms with Crippen LogP contribution in [0.4, 0.5) is 0 Å². The second-order valence-corrected chi connectivity index (χ2v) is 10.2. The van der Waals surface area contributed by atoms with Gasteiger partial charge in [-0.15, -0.1) is 0 Å². The number of fused-ring (bicyclic) bond motifs is 5. The molecule has 0 fully saturated rings. The molecule has 1 aliphatic rings. The normalized spacial score (nSPS) is 15.5. The molecular weight excluding hydrogens is 512 g/mol. The van der Waals surface area contributed by atoms with Gasteiger partial charge in [0.2, 0.25) is 0 Å². The molecule has 5 aromatic rings. The quantitative estimate of drug-likeness (QED) is 0.201. The van der Waals surface area contributed by atoms with Crippen LogP contribution in [0.2, 0.25) is 0 Å². The minimum absolute atomic E-state index is 0.108. The Morgan fingerprint density at radius 2 is 1.81 bits per heavy atom. The first-order valence-electron chi connectivity index (χ1n) is 14.1. The van der Waals surface area contributed by atoms with E-state index in [-0.39, 0.29) is 6.04 Å². The van der Waals surface area contributed by atoms with Crippen molar-refractivity contribution in [2.75, 3.05) is 0 Å².